The van der Waals surface area contributed by atoms with Gasteiger partial charge in [-0.05, 0) is 107 Å². The summed E-state index contributed by atoms with van der Waals surface area (Å²) in [6, 6.07) is 0. The van der Waals surface area contributed by atoms with Gasteiger partial charge in [-0.15, -0.1) is 0 Å². The SMILES string of the molecule is CC(=O)[C@@H]1CCC[C@H]2[C@@H]3CC[C@@H]4C[C@](C)(O)CC[C@@H]4[C@H]3CC[C@]12C. The van der Waals surface area contributed by atoms with Crippen LogP contribution >= 0.6 is 0 Å². The summed E-state index contributed by atoms with van der Waals surface area (Å²) in [5.41, 5.74) is -0.139. The molecular formula is C22H36O2. The number of fused-ring (bicyclic) bond motifs is 5. The number of carbonyl (C=O) groups is 1. The number of Topliss-reactive ketones (excluding diaryl/α,β-unsaturated/α-hetero) is 1. The fourth-order valence-corrected chi connectivity index (χ4v) is 7.95. The lowest BCUT2D eigenvalue weighted by Gasteiger charge is -2.60. The largest absolute Gasteiger partial charge is 0.390 e. The lowest BCUT2D eigenvalue weighted by atomic mass is 9.44. The molecular weight excluding hydrogens is 296 g/mol. The average molecular weight is 333 g/mol. The van der Waals surface area contributed by atoms with Gasteiger partial charge in [0.2, 0.25) is 0 Å². The molecule has 0 aromatic rings. The Balaban J connectivity index is 1.57. The minimum Gasteiger partial charge on any atom is -0.390 e. The van der Waals surface area contributed by atoms with Gasteiger partial charge in [0, 0.05) is 5.92 Å². The number of aliphatic hydroxyl groups is 1. The molecule has 2 nitrogen and oxygen atoms in total. The number of hydrogen-bond acceptors (Lipinski definition) is 2. The van der Waals surface area contributed by atoms with E-state index in [-0.39, 0.29) is 5.41 Å². The zero-order valence-electron chi connectivity index (χ0n) is 15.9. The van der Waals surface area contributed by atoms with Crippen LogP contribution in [0.5, 0.6) is 0 Å². The monoisotopic (exact) mass is 332 g/mol. The first-order chi connectivity index (χ1) is 11.3. The third-order valence-corrected chi connectivity index (χ3v) is 8.97. The maximum absolute atomic E-state index is 12.3. The molecule has 0 saturated heterocycles. The first-order valence-corrected chi connectivity index (χ1v) is 10.5. The first kappa shape index (κ1) is 17.1. The second-order valence-electron chi connectivity index (χ2n) is 10.3. The fraction of sp³-hybridized carbons (Fsp3) is 0.955. The third kappa shape index (κ3) is 2.59. The predicted octanol–water partition coefficient (Wildman–Crippen LogP) is 4.99. The lowest BCUT2D eigenvalue weighted by molar-refractivity contribution is -0.146. The molecule has 0 radical (unpaired) electrons. The van der Waals surface area contributed by atoms with Gasteiger partial charge in [-0.1, -0.05) is 13.3 Å². The zero-order chi connectivity index (χ0) is 17.1. The van der Waals surface area contributed by atoms with Crippen molar-refractivity contribution in [3.05, 3.63) is 0 Å². The Labute approximate surface area is 147 Å². The van der Waals surface area contributed by atoms with Crippen LogP contribution in [0.1, 0.15) is 85.0 Å². The van der Waals surface area contributed by atoms with Crippen molar-refractivity contribution in [3.8, 4) is 0 Å². The summed E-state index contributed by atoms with van der Waals surface area (Å²) in [7, 11) is 0. The van der Waals surface area contributed by atoms with E-state index in [4.69, 9.17) is 0 Å². The topological polar surface area (TPSA) is 37.3 Å². The highest BCUT2D eigenvalue weighted by molar-refractivity contribution is 5.79. The zero-order valence-corrected chi connectivity index (χ0v) is 15.9. The molecule has 4 fully saturated rings. The summed E-state index contributed by atoms with van der Waals surface area (Å²) in [5, 5.41) is 10.5. The maximum Gasteiger partial charge on any atom is 0.133 e. The van der Waals surface area contributed by atoms with Crippen LogP contribution in [0.4, 0.5) is 0 Å². The summed E-state index contributed by atoms with van der Waals surface area (Å²) in [5.74, 6) is 4.89. The smallest absolute Gasteiger partial charge is 0.133 e. The van der Waals surface area contributed by atoms with Crippen LogP contribution < -0.4 is 0 Å². The van der Waals surface area contributed by atoms with E-state index in [1.165, 1.54) is 44.9 Å². The second-order valence-corrected chi connectivity index (χ2v) is 10.3. The molecule has 0 unspecified atom stereocenters. The summed E-state index contributed by atoms with van der Waals surface area (Å²) < 4.78 is 0. The van der Waals surface area contributed by atoms with Crippen LogP contribution in [-0.2, 0) is 4.79 Å². The van der Waals surface area contributed by atoms with Crippen molar-refractivity contribution in [1.82, 2.24) is 0 Å². The van der Waals surface area contributed by atoms with Gasteiger partial charge in [0.1, 0.15) is 5.78 Å². The summed E-state index contributed by atoms with van der Waals surface area (Å²) in [6.07, 6.45) is 12.3. The van der Waals surface area contributed by atoms with Crippen LogP contribution in [0.3, 0.4) is 0 Å². The van der Waals surface area contributed by atoms with Crippen LogP contribution in [0.25, 0.3) is 0 Å². The number of hydrogen-bond donors (Lipinski definition) is 1. The van der Waals surface area contributed by atoms with E-state index in [0.29, 0.717) is 11.7 Å². The van der Waals surface area contributed by atoms with E-state index in [1.54, 1.807) is 0 Å². The number of ketones is 1. The molecule has 4 aliphatic rings. The molecule has 4 aliphatic carbocycles. The van der Waals surface area contributed by atoms with Crippen LogP contribution in [0, 0.1) is 40.9 Å². The Kier molecular flexibility index (Phi) is 4.14. The van der Waals surface area contributed by atoms with Gasteiger partial charge < -0.3 is 5.11 Å². The maximum atomic E-state index is 12.3. The average Bonchev–Trinajstić information content (AvgIpc) is 2.51. The minimum atomic E-state index is -0.415. The Hall–Kier alpha value is -0.370. The molecule has 0 bridgehead atoms. The Bertz CT molecular complexity index is 510. The summed E-state index contributed by atoms with van der Waals surface area (Å²) >= 11 is 0. The van der Waals surface area contributed by atoms with E-state index in [0.717, 1.165) is 48.9 Å². The minimum absolute atomic E-state index is 0.276. The quantitative estimate of drug-likeness (QED) is 0.735. The molecule has 0 amide bonds. The van der Waals surface area contributed by atoms with Crippen molar-refractivity contribution < 1.29 is 9.90 Å². The van der Waals surface area contributed by atoms with Crippen molar-refractivity contribution in [2.45, 2.75) is 90.6 Å². The Morgan fingerprint density at radius 2 is 1.67 bits per heavy atom. The van der Waals surface area contributed by atoms with E-state index >= 15 is 0 Å². The normalized spacial score (nSPS) is 54.3. The van der Waals surface area contributed by atoms with Crippen molar-refractivity contribution in [3.63, 3.8) is 0 Å². The summed E-state index contributed by atoms with van der Waals surface area (Å²) in [4.78, 5) is 12.3. The highest BCUT2D eigenvalue weighted by atomic mass is 16.3. The first-order valence-electron chi connectivity index (χ1n) is 10.5. The van der Waals surface area contributed by atoms with E-state index in [9.17, 15) is 9.90 Å². The molecule has 0 aliphatic heterocycles. The van der Waals surface area contributed by atoms with Crippen molar-refractivity contribution >= 4 is 5.78 Å². The van der Waals surface area contributed by atoms with Crippen molar-refractivity contribution in [1.29, 1.82) is 0 Å². The predicted molar refractivity (Wildman–Crippen MR) is 96.5 cm³/mol. The number of carbonyl (C=O) groups excluding carboxylic acids is 1. The van der Waals surface area contributed by atoms with E-state index < -0.39 is 5.60 Å². The second kappa shape index (κ2) is 5.83. The Morgan fingerprint density at radius 3 is 2.42 bits per heavy atom. The molecule has 4 rings (SSSR count). The molecule has 8 atom stereocenters. The van der Waals surface area contributed by atoms with Crippen molar-refractivity contribution in [2.75, 3.05) is 0 Å². The molecule has 0 spiro atoms. The van der Waals surface area contributed by atoms with Crippen molar-refractivity contribution in [2.24, 2.45) is 40.9 Å². The van der Waals surface area contributed by atoms with Gasteiger partial charge >= 0.3 is 0 Å². The molecule has 24 heavy (non-hydrogen) atoms. The fourth-order valence-electron chi connectivity index (χ4n) is 7.95. The van der Waals surface area contributed by atoms with Crippen LogP contribution in [0.15, 0.2) is 0 Å². The van der Waals surface area contributed by atoms with E-state index in [2.05, 4.69) is 6.92 Å². The molecule has 0 aromatic heterocycles. The van der Waals surface area contributed by atoms with Gasteiger partial charge in [0.25, 0.3) is 0 Å². The third-order valence-electron chi connectivity index (χ3n) is 8.97. The standard InChI is InChI=1S/C22H36O2/c1-14(23)19-5-4-6-20-18-8-7-15-13-21(2,24)11-9-16(15)17(18)10-12-22(19,20)3/h15-20,24H,4-13H2,1-3H3/t15-,16+,17-,18-,19+,20+,21-,22-/m1/s1. The number of rotatable bonds is 1. The molecule has 0 heterocycles. The molecule has 2 heteroatoms. The summed E-state index contributed by atoms with van der Waals surface area (Å²) in [6.45, 7) is 6.34. The van der Waals surface area contributed by atoms with Gasteiger partial charge in [0.15, 0.2) is 0 Å². The molecule has 4 saturated carbocycles. The molecule has 0 aromatic carbocycles. The van der Waals surface area contributed by atoms with E-state index in [1.807, 2.05) is 13.8 Å². The Morgan fingerprint density at radius 1 is 0.917 bits per heavy atom. The van der Waals surface area contributed by atoms with Gasteiger partial charge in [-0.3, -0.25) is 4.79 Å². The highest BCUT2D eigenvalue weighted by Crippen LogP contribution is 2.63. The van der Waals surface area contributed by atoms with Gasteiger partial charge in [0.05, 0.1) is 5.60 Å². The van der Waals surface area contributed by atoms with Gasteiger partial charge in [-0.25, -0.2) is 0 Å². The van der Waals surface area contributed by atoms with Crippen LogP contribution in [0.2, 0.25) is 0 Å². The molecule has 136 valence electrons. The van der Waals surface area contributed by atoms with Gasteiger partial charge in [-0.2, -0.15) is 0 Å². The van der Waals surface area contributed by atoms with Crippen LogP contribution in [-0.4, -0.2) is 16.5 Å². The lowest BCUT2D eigenvalue weighted by Crippen LogP contribution is -2.54. The highest BCUT2D eigenvalue weighted by Gasteiger charge is 2.56. The molecule has 1 N–H and O–H groups in total.